The first kappa shape index (κ1) is 19.9. The highest BCUT2D eigenvalue weighted by Crippen LogP contribution is 2.41. The molecular formula is C22H30N4O3. The minimum absolute atomic E-state index is 0.0659. The van der Waals surface area contributed by atoms with Gasteiger partial charge >= 0.3 is 0 Å². The van der Waals surface area contributed by atoms with Gasteiger partial charge in [-0.05, 0) is 55.2 Å². The lowest BCUT2D eigenvalue weighted by Crippen LogP contribution is -2.49. The summed E-state index contributed by atoms with van der Waals surface area (Å²) < 4.78 is 0. The molecule has 1 aliphatic heterocycles. The molecule has 4 N–H and O–H groups in total. The zero-order valence-corrected chi connectivity index (χ0v) is 16.7. The summed E-state index contributed by atoms with van der Waals surface area (Å²) in [6, 6.07) is 7.52. The number of piperazine rings is 1. The van der Waals surface area contributed by atoms with Crippen molar-refractivity contribution >= 4 is 17.7 Å². The van der Waals surface area contributed by atoms with Gasteiger partial charge in [-0.3, -0.25) is 14.4 Å². The Morgan fingerprint density at radius 1 is 1.14 bits per heavy atom. The molecule has 1 heterocycles. The third kappa shape index (κ3) is 4.45. The number of rotatable bonds is 4. The molecule has 0 spiro atoms. The van der Waals surface area contributed by atoms with E-state index in [9.17, 15) is 14.4 Å². The standard InChI is InChI=1S/C22H30N4O3/c23-20-16-2-1-3-17(20)11-18(10-16)21(28)25-12-14-4-6-15(7-5-14)22(29)26-9-8-24-19(27)13-26/h4-7,16-18,20H,1-3,8-13,23H2,(H,24,27)(H,25,28). The van der Waals surface area contributed by atoms with Crippen LogP contribution in [-0.2, 0) is 16.1 Å². The van der Waals surface area contributed by atoms with Gasteiger partial charge in [0.2, 0.25) is 11.8 Å². The van der Waals surface area contributed by atoms with E-state index in [0.717, 1.165) is 31.2 Å². The van der Waals surface area contributed by atoms with E-state index in [-0.39, 0.29) is 36.2 Å². The summed E-state index contributed by atoms with van der Waals surface area (Å²) in [6.45, 7) is 1.57. The average molecular weight is 399 g/mol. The monoisotopic (exact) mass is 398 g/mol. The van der Waals surface area contributed by atoms with E-state index in [2.05, 4.69) is 10.6 Å². The van der Waals surface area contributed by atoms with E-state index in [4.69, 9.17) is 5.73 Å². The molecule has 1 aromatic carbocycles. The first-order valence-electron chi connectivity index (χ1n) is 10.7. The van der Waals surface area contributed by atoms with Gasteiger partial charge in [0, 0.05) is 37.2 Å². The number of hydrogen-bond donors (Lipinski definition) is 3. The molecule has 29 heavy (non-hydrogen) atoms. The summed E-state index contributed by atoms with van der Waals surface area (Å²) in [4.78, 5) is 38.2. The van der Waals surface area contributed by atoms with Gasteiger partial charge in [-0.15, -0.1) is 0 Å². The lowest BCUT2D eigenvalue weighted by molar-refractivity contribution is -0.128. The topological polar surface area (TPSA) is 105 Å². The fourth-order valence-electron chi connectivity index (χ4n) is 5.10. The van der Waals surface area contributed by atoms with Crippen molar-refractivity contribution in [2.45, 2.75) is 44.7 Å². The zero-order valence-electron chi connectivity index (χ0n) is 16.7. The van der Waals surface area contributed by atoms with Crippen LogP contribution in [0.4, 0.5) is 0 Å². The molecule has 4 rings (SSSR count). The van der Waals surface area contributed by atoms with Gasteiger partial charge in [0.1, 0.15) is 0 Å². The summed E-state index contributed by atoms with van der Waals surface area (Å²) in [7, 11) is 0. The molecule has 7 nitrogen and oxygen atoms in total. The van der Waals surface area contributed by atoms with E-state index in [1.165, 1.54) is 6.42 Å². The Hall–Kier alpha value is -2.41. The molecule has 1 saturated heterocycles. The quantitative estimate of drug-likeness (QED) is 0.704. The van der Waals surface area contributed by atoms with Crippen LogP contribution in [0.25, 0.3) is 0 Å². The van der Waals surface area contributed by atoms with Crippen molar-refractivity contribution < 1.29 is 14.4 Å². The van der Waals surface area contributed by atoms with Crippen molar-refractivity contribution in [3.8, 4) is 0 Å². The second-order valence-electron chi connectivity index (χ2n) is 8.69. The van der Waals surface area contributed by atoms with Crippen LogP contribution in [0, 0.1) is 17.8 Å². The molecular weight excluding hydrogens is 368 g/mol. The number of nitrogens with zero attached hydrogens (tertiary/aromatic N) is 1. The second kappa shape index (κ2) is 8.53. The smallest absolute Gasteiger partial charge is 0.254 e. The van der Waals surface area contributed by atoms with Crippen molar-refractivity contribution in [1.82, 2.24) is 15.5 Å². The van der Waals surface area contributed by atoms with Crippen LogP contribution in [-0.4, -0.2) is 48.3 Å². The lowest BCUT2D eigenvalue weighted by atomic mass is 9.65. The van der Waals surface area contributed by atoms with Crippen LogP contribution < -0.4 is 16.4 Å². The Morgan fingerprint density at radius 2 is 1.83 bits per heavy atom. The molecule has 0 aromatic heterocycles. The number of carbonyl (C=O) groups excluding carboxylic acids is 3. The number of benzene rings is 1. The first-order valence-corrected chi connectivity index (χ1v) is 10.7. The normalized spacial score (nSPS) is 29.1. The summed E-state index contributed by atoms with van der Waals surface area (Å²) in [5.41, 5.74) is 7.84. The van der Waals surface area contributed by atoms with Crippen molar-refractivity contribution in [1.29, 1.82) is 0 Å². The minimum atomic E-state index is -0.138. The highest BCUT2D eigenvalue weighted by molar-refractivity contribution is 5.97. The SMILES string of the molecule is NC1C2CCCC1CC(C(=O)NCc1ccc(C(=O)N3CCNC(=O)C3)cc1)C2. The van der Waals surface area contributed by atoms with Crippen molar-refractivity contribution in [3.05, 3.63) is 35.4 Å². The lowest BCUT2D eigenvalue weighted by Gasteiger charge is -2.43. The Balaban J connectivity index is 1.29. The van der Waals surface area contributed by atoms with Gasteiger partial charge in [-0.2, -0.15) is 0 Å². The second-order valence-corrected chi connectivity index (χ2v) is 8.69. The van der Waals surface area contributed by atoms with Crippen LogP contribution in [0.15, 0.2) is 24.3 Å². The highest BCUT2D eigenvalue weighted by atomic mass is 16.2. The fraction of sp³-hybridized carbons (Fsp3) is 0.591. The largest absolute Gasteiger partial charge is 0.353 e. The molecule has 156 valence electrons. The van der Waals surface area contributed by atoms with E-state index in [0.29, 0.717) is 37.0 Å². The molecule has 3 aliphatic rings. The van der Waals surface area contributed by atoms with Crippen LogP contribution in [0.2, 0.25) is 0 Å². The number of nitrogens with one attached hydrogen (secondary N) is 2. The third-order valence-corrected chi connectivity index (χ3v) is 6.78. The molecule has 2 saturated carbocycles. The van der Waals surface area contributed by atoms with E-state index < -0.39 is 0 Å². The molecule has 2 unspecified atom stereocenters. The number of carbonyl (C=O) groups is 3. The van der Waals surface area contributed by atoms with E-state index >= 15 is 0 Å². The van der Waals surface area contributed by atoms with Crippen molar-refractivity contribution in [3.63, 3.8) is 0 Å². The van der Waals surface area contributed by atoms with Crippen LogP contribution in [0.5, 0.6) is 0 Å². The Morgan fingerprint density at radius 3 is 2.48 bits per heavy atom. The van der Waals surface area contributed by atoms with E-state index in [1.54, 1.807) is 17.0 Å². The Kier molecular flexibility index (Phi) is 5.85. The average Bonchev–Trinajstić information content (AvgIpc) is 2.71. The number of fused-ring (bicyclic) bond motifs is 2. The molecule has 0 radical (unpaired) electrons. The van der Waals surface area contributed by atoms with Crippen LogP contribution in [0.1, 0.15) is 48.0 Å². The molecule has 7 heteroatoms. The fourth-order valence-corrected chi connectivity index (χ4v) is 5.10. The third-order valence-electron chi connectivity index (χ3n) is 6.78. The number of amides is 3. The van der Waals surface area contributed by atoms with Crippen molar-refractivity contribution in [2.75, 3.05) is 19.6 Å². The van der Waals surface area contributed by atoms with Crippen molar-refractivity contribution in [2.24, 2.45) is 23.5 Å². The number of nitrogens with two attached hydrogens (primary N) is 1. The Labute approximate surface area is 171 Å². The summed E-state index contributed by atoms with van der Waals surface area (Å²) >= 11 is 0. The summed E-state index contributed by atoms with van der Waals surface area (Å²) in [6.07, 6.45) is 5.34. The molecule has 2 aliphatic carbocycles. The zero-order chi connectivity index (χ0) is 20.4. The van der Waals surface area contributed by atoms with Crippen LogP contribution >= 0.6 is 0 Å². The predicted molar refractivity (Wildman–Crippen MR) is 109 cm³/mol. The molecule has 1 aromatic rings. The first-order chi connectivity index (χ1) is 14.0. The maximum atomic E-state index is 12.7. The van der Waals surface area contributed by atoms with Crippen LogP contribution in [0.3, 0.4) is 0 Å². The summed E-state index contributed by atoms with van der Waals surface area (Å²) in [5.74, 6) is 0.891. The molecule has 3 amide bonds. The van der Waals surface area contributed by atoms with Gasteiger partial charge in [0.15, 0.2) is 0 Å². The molecule has 2 bridgehead atoms. The maximum Gasteiger partial charge on any atom is 0.254 e. The van der Waals surface area contributed by atoms with Gasteiger partial charge in [0.05, 0.1) is 6.54 Å². The van der Waals surface area contributed by atoms with Gasteiger partial charge in [-0.25, -0.2) is 0 Å². The maximum absolute atomic E-state index is 12.7. The number of hydrogen-bond acceptors (Lipinski definition) is 4. The highest BCUT2D eigenvalue weighted by Gasteiger charge is 2.40. The van der Waals surface area contributed by atoms with Gasteiger partial charge in [-0.1, -0.05) is 18.6 Å². The molecule has 2 atom stereocenters. The van der Waals surface area contributed by atoms with Gasteiger partial charge < -0.3 is 21.3 Å². The Bertz CT molecular complexity index is 765. The molecule has 3 fully saturated rings. The predicted octanol–water partition coefficient (Wildman–Crippen LogP) is 1.03. The van der Waals surface area contributed by atoms with E-state index in [1.807, 2.05) is 12.1 Å². The minimum Gasteiger partial charge on any atom is -0.353 e. The summed E-state index contributed by atoms with van der Waals surface area (Å²) in [5, 5.41) is 5.78. The van der Waals surface area contributed by atoms with Gasteiger partial charge in [0.25, 0.3) is 5.91 Å².